The molecule has 0 fully saturated rings. The lowest BCUT2D eigenvalue weighted by Gasteiger charge is -2.15. The molecule has 0 aliphatic heterocycles. The molecule has 118 valence electrons. The molecule has 3 nitrogen and oxygen atoms in total. The average molecular weight is 373 g/mol. The molecule has 4 heteroatoms. The van der Waals surface area contributed by atoms with E-state index in [4.69, 9.17) is 4.74 Å². The van der Waals surface area contributed by atoms with Crippen LogP contribution in [-0.2, 0) is 6.42 Å². The summed E-state index contributed by atoms with van der Waals surface area (Å²) < 4.78 is 6.31. The summed E-state index contributed by atoms with van der Waals surface area (Å²) in [6.45, 7) is 1.81. The van der Waals surface area contributed by atoms with Crippen LogP contribution in [0, 0.1) is 18.8 Å². The lowest BCUT2D eigenvalue weighted by molar-refractivity contribution is 0.346. The number of methoxy groups -OCH3 is 1. The maximum Gasteiger partial charge on any atom is 0.201 e. The van der Waals surface area contributed by atoms with Crippen molar-refractivity contribution in [1.29, 1.82) is 0 Å². The number of hydrogen-bond acceptors (Lipinski definition) is 3. The Morgan fingerprint density at radius 2 is 1.87 bits per heavy atom. The Labute approximate surface area is 144 Å². The Kier molecular flexibility index (Phi) is 4.23. The van der Waals surface area contributed by atoms with E-state index >= 15 is 0 Å². The topological polar surface area (TPSA) is 49.7 Å². The highest BCUT2D eigenvalue weighted by atomic mass is 79.9. The van der Waals surface area contributed by atoms with Crippen molar-refractivity contribution in [2.45, 2.75) is 25.7 Å². The number of aromatic hydroxyl groups is 2. The van der Waals surface area contributed by atoms with Crippen LogP contribution < -0.4 is 4.74 Å². The number of benzene rings is 2. The van der Waals surface area contributed by atoms with Crippen LogP contribution >= 0.6 is 15.9 Å². The fourth-order valence-corrected chi connectivity index (χ4v) is 3.39. The first-order valence-corrected chi connectivity index (χ1v) is 8.20. The van der Waals surface area contributed by atoms with Crippen molar-refractivity contribution < 1.29 is 14.9 Å². The summed E-state index contributed by atoms with van der Waals surface area (Å²) in [6, 6.07) is 7.86. The molecule has 1 atom stereocenters. The van der Waals surface area contributed by atoms with Gasteiger partial charge in [-0.2, -0.15) is 0 Å². The van der Waals surface area contributed by atoms with Gasteiger partial charge in [-0.1, -0.05) is 27.8 Å². The van der Waals surface area contributed by atoms with Crippen molar-refractivity contribution in [1.82, 2.24) is 0 Å². The van der Waals surface area contributed by atoms with Gasteiger partial charge in [-0.25, -0.2) is 0 Å². The zero-order chi connectivity index (χ0) is 16.6. The standard InChI is InChI=1S/C19H17BrO3/c1-11-16-13(6-3-12-4-8-14(20)9-5-12)7-10-15(16)19(23-2)18(22)17(11)21/h4-5,8-9,13,21-22H,7,10H2,1-2H3. The molecule has 0 saturated heterocycles. The number of ether oxygens (including phenoxy) is 1. The molecule has 0 bridgehead atoms. The van der Waals surface area contributed by atoms with E-state index in [9.17, 15) is 10.2 Å². The fourth-order valence-electron chi connectivity index (χ4n) is 3.13. The maximum atomic E-state index is 10.1. The number of fused-ring (bicyclic) bond motifs is 1. The molecule has 1 aliphatic carbocycles. The van der Waals surface area contributed by atoms with Gasteiger partial charge >= 0.3 is 0 Å². The van der Waals surface area contributed by atoms with Crippen molar-refractivity contribution in [3.05, 3.63) is 51.0 Å². The highest BCUT2D eigenvalue weighted by Crippen LogP contribution is 2.50. The summed E-state index contributed by atoms with van der Waals surface area (Å²) in [7, 11) is 1.50. The molecule has 0 aromatic heterocycles. The first-order valence-electron chi connectivity index (χ1n) is 7.41. The van der Waals surface area contributed by atoms with Crippen molar-refractivity contribution in [3.63, 3.8) is 0 Å². The molecule has 0 spiro atoms. The molecule has 1 aliphatic rings. The summed E-state index contributed by atoms with van der Waals surface area (Å²) in [5.41, 5.74) is 3.58. The van der Waals surface area contributed by atoms with Crippen molar-refractivity contribution in [2.24, 2.45) is 0 Å². The van der Waals surface area contributed by atoms with Crippen LogP contribution in [0.25, 0.3) is 0 Å². The second-order valence-electron chi connectivity index (χ2n) is 5.62. The second kappa shape index (κ2) is 6.17. The van der Waals surface area contributed by atoms with Gasteiger partial charge in [0.15, 0.2) is 11.5 Å². The van der Waals surface area contributed by atoms with E-state index in [-0.39, 0.29) is 17.4 Å². The minimum Gasteiger partial charge on any atom is -0.504 e. The van der Waals surface area contributed by atoms with E-state index in [0.717, 1.165) is 34.0 Å². The zero-order valence-electron chi connectivity index (χ0n) is 13.0. The Morgan fingerprint density at radius 1 is 1.17 bits per heavy atom. The molecule has 0 amide bonds. The van der Waals surface area contributed by atoms with Gasteiger partial charge in [-0.05, 0) is 55.2 Å². The second-order valence-corrected chi connectivity index (χ2v) is 6.53. The third-order valence-electron chi connectivity index (χ3n) is 4.27. The molecule has 2 aromatic carbocycles. The van der Waals surface area contributed by atoms with E-state index in [1.54, 1.807) is 0 Å². The number of hydrogen-bond donors (Lipinski definition) is 2. The predicted octanol–water partition coefficient (Wildman–Crippen LogP) is 4.26. The van der Waals surface area contributed by atoms with Crippen LogP contribution in [-0.4, -0.2) is 17.3 Å². The first kappa shape index (κ1) is 15.8. The largest absolute Gasteiger partial charge is 0.504 e. The summed E-state index contributed by atoms with van der Waals surface area (Å²) in [6.07, 6.45) is 1.64. The number of phenols is 2. The molecule has 1 unspecified atom stereocenters. The fraction of sp³-hybridized carbons (Fsp3) is 0.263. The molecule has 23 heavy (non-hydrogen) atoms. The SMILES string of the molecule is COc1c(O)c(O)c(C)c2c1CCC2C#Cc1ccc(Br)cc1. The van der Waals surface area contributed by atoms with E-state index in [1.165, 1.54) is 7.11 Å². The quantitative estimate of drug-likeness (QED) is 0.580. The Morgan fingerprint density at radius 3 is 2.52 bits per heavy atom. The molecular weight excluding hydrogens is 356 g/mol. The molecule has 3 rings (SSSR count). The van der Waals surface area contributed by atoms with Crippen molar-refractivity contribution in [3.8, 4) is 29.1 Å². The Hall–Kier alpha value is -2.12. The molecule has 0 heterocycles. The number of halogens is 1. The van der Waals surface area contributed by atoms with E-state index < -0.39 is 0 Å². The average Bonchev–Trinajstić information content (AvgIpc) is 2.96. The summed E-state index contributed by atoms with van der Waals surface area (Å²) in [4.78, 5) is 0. The molecule has 2 aromatic rings. The highest BCUT2D eigenvalue weighted by molar-refractivity contribution is 9.10. The van der Waals surface area contributed by atoms with Gasteiger partial charge < -0.3 is 14.9 Å². The highest BCUT2D eigenvalue weighted by Gasteiger charge is 2.31. The van der Waals surface area contributed by atoms with Crippen LogP contribution in [0.2, 0.25) is 0 Å². The van der Waals surface area contributed by atoms with Crippen LogP contribution in [0.1, 0.15) is 34.6 Å². The van der Waals surface area contributed by atoms with E-state index in [2.05, 4.69) is 27.8 Å². The smallest absolute Gasteiger partial charge is 0.201 e. The molecule has 2 N–H and O–H groups in total. The van der Waals surface area contributed by atoms with Gasteiger partial charge in [0, 0.05) is 21.5 Å². The predicted molar refractivity (Wildman–Crippen MR) is 93.1 cm³/mol. The van der Waals surface area contributed by atoms with Gasteiger partial charge in [-0.15, -0.1) is 0 Å². The number of phenolic OH excluding ortho intramolecular Hbond substituents is 2. The van der Waals surface area contributed by atoms with E-state index in [1.807, 2.05) is 31.2 Å². The van der Waals surface area contributed by atoms with Gasteiger partial charge in [0.1, 0.15) is 0 Å². The normalized spacial score (nSPS) is 15.7. The lowest BCUT2D eigenvalue weighted by Crippen LogP contribution is -1.98. The summed E-state index contributed by atoms with van der Waals surface area (Å²) in [5.74, 6) is 6.62. The molecular formula is C19H17BrO3. The minimum atomic E-state index is -0.176. The Bertz CT molecular complexity index is 813. The van der Waals surface area contributed by atoms with Crippen LogP contribution in [0.4, 0.5) is 0 Å². The van der Waals surface area contributed by atoms with Crippen molar-refractivity contribution >= 4 is 15.9 Å². The molecule has 0 saturated carbocycles. The lowest BCUT2D eigenvalue weighted by atomic mass is 9.94. The van der Waals surface area contributed by atoms with Gasteiger partial charge in [0.25, 0.3) is 0 Å². The van der Waals surface area contributed by atoms with Crippen molar-refractivity contribution in [2.75, 3.05) is 7.11 Å². The van der Waals surface area contributed by atoms with Crippen LogP contribution in [0.5, 0.6) is 17.2 Å². The third kappa shape index (κ3) is 2.77. The van der Waals surface area contributed by atoms with E-state index in [0.29, 0.717) is 11.3 Å². The van der Waals surface area contributed by atoms with Crippen LogP contribution in [0.3, 0.4) is 0 Å². The summed E-state index contributed by atoms with van der Waals surface area (Å²) in [5, 5.41) is 20.2. The minimum absolute atomic E-state index is 0.0362. The Balaban J connectivity index is 2.02. The maximum absolute atomic E-state index is 10.1. The van der Waals surface area contributed by atoms with Gasteiger partial charge in [0.05, 0.1) is 7.11 Å². The summed E-state index contributed by atoms with van der Waals surface area (Å²) >= 11 is 3.41. The number of rotatable bonds is 1. The van der Waals surface area contributed by atoms with Crippen LogP contribution in [0.15, 0.2) is 28.7 Å². The first-order chi connectivity index (χ1) is 11.0. The van der Waals surface area contributed by atoms with Gasteiger partial charge in [-0.3, -0.25) is 0 Å². The molecule has 0 radical (unpaired) electrons. The zero-order valence-corrected chi connectivity index (χ0v) is 14.6. The third-order valence-corrected chi connectivity index (χ3v) is 4.80. The monoisotopic (exact) mass is 372 g/mol. The van der Waals surface area contributed by atoms with Gasteiger partial charge in [0.2, 0.25) is 5.75 Å².